The molecule has 4 aromatic carbocycles. The minimum atomic E-state index is -0.652. The van der Waals surface area contributed by atoms with Crippen LogP contribution in [0.1, 0.15) is 60.7 Å². The first-order valence-corrected chi connectivity index (χ1v) is 13.7. The first-order valence-electron chi connectivity index (χ1n) is 13.7. The van der Waals surface area contributed by atoms with Crippen LogP contribution in [0.15, 0.2) is 128 Å². The molecular formula is C35H36N2O2. The normalized spacial score (nSPS) is 12.4. The highest BCUT2D eigenvalue weighted by Gasteiger charge is 2.38. The van der Waals surface area contributed by atoms with Gasteiger partial charge in [-0.25, -0.2) is 4.98 Å². The smallest absolute Gasteiger partial charge is 0.121 e. The number of aliphatic hydroxyl groups is 1. The molecule has 39 heavy (non-hydrogen) atoms. The Labute approximate surface area is 231 Å². The molecule has 0 aliphatic heterocycles. The van der Waals surface area contributed by atoms with E-state index in [1.165, 1.54) is 5.56 Å². The summed E-state index contributed by atoms with van der Waals surface area (Å²) in [6.07, 6.45) is 5.71. The molecule has 198 valence electrons. The Morgan fingerprint density at radius 1 is 0.769 bits per heavy atom. The molecule has 5 aromatic rings. The van der Waals surface area contributed by atoms with E-state index in [2.05, 4.69) is 89.5 Å². The molecule has 0 radical (unpaired) electrons. The predicted molar refractivity (Wildman–Crippen MR) is 157 cm³/mol. The molecule has 0 spiro atoms. The van der Waals surface area contributed by atoms with Crippen LogP contribution in [-0.4, -0.2) is 20.8 Å². The summed E-state index contributed by atoms with van der Waals surface area (Å²) >= 11 is 0. The molecule has 1 unspecified atom stereocenters. The molecule has 0 fully saturated rings. The van der Waals surface area contributed by atoms with Crippen LogP contribution in [0, 0.1) is 0 Å². The highest BCUT2D eigenvalue weighted by atomic mass is 16.5. The number of hydrogen-bond donors (Lipinski definition) is 1. The predicted octanol–water partition coefficient (Wildman–Crippen LogP) is 7.57. The molecule has 1 aromatic heterocycles. The van der Waals surface area contributed by atoms with Crippen molar-refractivity contribution in [3.63, 3.8) is 0 Å². The lowest BCUT2D eigenvalue weighted by atomic mass is 9.77. The van der Waals surface area contributed by atoms with E-state index in [-0.39, 0.29) is 6.10 Å². The maximum atomic E-state index is 11.2. The average molecular weight is 517 g/mol. The van der Waals surface area contributed by atoms with Crippen molar-refractivity contribution in [3.05, 3.63) is 156 Å². The van der Waals surface area contributed by atoms with Gasteiger partial charge in [-0.2, -0.15) is 0 Å². The van der Waals surface area contributed by atoms with Gasteiger partial charge in [-0.05, 0) is 67.5 Å². The van der Waals surface area contributed by atoms with Crippen molar-refractivity contribution in [3.8, 4) is 5.75 Å². The zero-order valence-electron chi connectivity index (χ0n) is 22.7. The van der Waals surface area contributed by atoms with E-state index >= 15 is 0 Å². The number of aryl methyl sites for hydroxylation is 1. The molecule has 1 atom stereocenters. The summed E-state index contributed by atoms with van der Waals surface area (Å²) in [5, 5.41) is 11.2. The maximum absolute atomic E-state index is 11.2. The number of aliphatic hydroxyl groups excluding tert-OH is 1. The van der Waals surface area contributed by atoms with E-state index in [0.717, 1.165) is 35.3 Å². The van der Waals surface area contributed by atoms with Crippen molar-refractivity contribution in [2.45, 2.75) is 50.9 Å². The lowest BCUT2D eigenvalue weighted by Crippen LogP contribution is -2.37. The number of hydrogen-bond acceptors (Lipinski definition) is 3. The van der Waals surface area contributed by atoms with Crippen LogP contribution in [0.3, 0.4) is 0 Å². The van der Waals surface area contributed by atoms with Gasteiger partial charge in [0.1, 0.15) is 11.3 Å². The second-order valence-electron chi connectivity index (χ2n) is 10.2. The zero-order valence-corrected chi connectivity index (χ0v) is 22.7. The fourth-order valence-electron chi connectivity index (χ4n) is 5.37. The minimum absolute atomic E-state index is 0.145. The van der Waals surface area contributed by atoms with Gasteiger partial charge in [0.05, 0.1) is 24.2 Å². The van der Waals surface area contributed by atoms with E-state index in [4.69, 9.17) is 9.72 Å². The van der Waals surface area contributed by atoms with Crippen LogP contribution in [0.5, 0.6) is 5.75 Å². The van der Waals surface area contributed by atoms with Gasteiger partial charge in [-0.15, -0.1) is 0 Å². The van der Waals surface area contributed by atoms with Gasteiger partial charge in [-0.3, -0.25) is 0 Å². The van der Waals surface area contributed by atoms with Crippen molar-refractivity contribution >= 4 is 0 Å². The number of imidazole rings is 1. The Kier molecular flexibility index (Phi) is 8.24. The summed E-state index contributed by atoms with van der Waals surface area (Å²) in [5.74, 6) is 0.890. The number of ether oxygens (including phenoxy) is 1. The first kappa shape index (κ1) is 26.5. The zero-order chi connectivity index (χ0) is 27.1. The lowest BCUT2D eigenvalue weighted by Gasteiger charge is -2.37. The summed E-state index contributed by atoms with van der Waals surface area (Å²) in [5.41, 5.74) is 4.64. The van der Waals surface area contributed by atoms with Gasteiger partial charge >= 0.3 is 0 Å². The summed E-state index contributed by atoms with van der Waals surface area (Å²) in [7, 11) is 0. The Bertz CT molecular complexity index is 1350. The van der Waals surface area contributed by atoms with E-state index in [1.807, 2.05) is 56.7 Å². The standard InChI is InChI=1S/C35H36N2O2/c1-27(2)39-32-22-12-14-28(24-32)15-13-23-34(38)33-25-37(26-36-33)35(29-16-6-3-7-17-29,30-18-8-4-9-19-30)31-20-10-5-11-21-31/h3-12,14,16-22,24-27,34,38H,13,15,23H2,1-2H3. The Morgan fingerprint density at radius 3 is 1.87 bits per heavy atom. The fraction of sp³-hybridized carbons (Fsp3) is 0.229. The summed E-state index contributed by atoms with van der Waals surface area (Å²) in [6, 6.07) is 39.7. The third-order valence-electron chi connectivity index (χ3n) is 7.12. The molecule has 1 heterocycles. The van der Waals surface area contributed by atoms with Crippen LogP contribution in [0.4, 0.5) is 0 Å². The molecule has 1 N–H and O–H groups in total. The molecule has 0 aliphatic rings. The molecule has 0 aliphatic carbocycles. The highest BCUT2D eigenvalue weighted by molar-refractivity contribution is 5.50. The molecule has 0 saturated carbocycles. The first-order chi connectivity index (χ1) is 19.1. The van der Waals surface area contributed by atoms with Crippen LogP contribution < -0.4 is 4.74 Å². The monoisotopic (exact) mass is 516 g/mol. The van der Waals surface area contributed by atoms with Crippen molar-refractivity contribution in [1.29, 1.82) is 0 Å². The number of rotatable bonds is 11. The minimum Gasteiger partial charge on any atom is -0.491 e. The third-order valence-corrected chi connectivity index (χ3v) is 7.12. The van der Waals surface area contributed by atoms with E-state index in [0.29, 0.717) is 12.1 Å². The van der Waals surface area contributed by atoms with Gasteiger partial charge in [-0.1, -0.05) is 103 Å². The van der Waals surface area contributed by atoms with Crippen molar-refractivity contribution in [2.24, 2.45) is 0 Å². The fourth-order valence-corrected chi connectivity index (χ4v) is 5.37. The average Bonchev–Trinajstić information content (AvgIpc) is 3.46. The van der Waals surface area contributed by atoms with Crippen molar-refractivity contribution < 1.29 is 9.84 Å². The molecule has 0 amide bonds. The van der Waals surface area contributed by atoms with Crippen molar-refractivity contribution in [2.75, 3.05) is 0 Å². The summed E-state index contributed by atoms with van der Waals surface area (Å²) in [4.78, 5) is 4.72. The molecule has 4 heteroatoms. The molecule has 5 rings (SSSR count). The molecule has 4 nitrogen and oxygen atoms in total. The maximum Gasteiger partial charge on any atom is 0.121 e. The van der Waals surface area contributed by atoms with E-state index < -0.39 is 11.6 Å². The number of nitrogens with zero attached hydrogens (tertiary/aromatic N) is 2. The largest absolute Gasteiger partial charge is 0.491 e. The Balaban J connectivity index is 1.43. The lowest BCUT2D eigenvalue weighted by molar-refractivity contribution is 0.160. The van der Waals surface area contributed by atoms with E-state index in [1.54, 1.807) is 0 Å². The molecular weight excluding hydrogens is 480 g/mol. The summed E-state index contributed by atoms with van der Waals surface area (Å²) < 4.78 is 7.98. The number of benzene rings is 4. The molecule has 0 bridgehead atoms. The SMILES string of the molecule is CC(C)Oc1cccc(CCCC(O)c2cn(C(c3ccccc3)(c3ccccc3)c3ccccc3)cn2)c1. The Hall–Kier alpha value is -4.15. The van der Waals surface area contributed by atoms with Gasteiger partial charge in [0.2, 0.25) is 0 Å². The van der Waals surface area contributed by atoms with Gasteiger partial charge in [0, 0.05) is 6.20 Å². The highest BCUT2D eigenvalue weighted by Crippen LogP contribution is 2.41. The van der Waals surface area contributed by atoms with Crippen LogP contribution in [0.2, 0.25) is 0 Å². The van der Waals surface area contributed by atoms with Crippen LogP contribution in [-0.2, 0) is 12.0 Å². The topological polar surface area (TPSA) is 47.3 Å². The van der Waals surface area contributed by atoms with Crippen molar-refractivity contribution in [1.82, 2.24) is 9.55 Å². The van der Waals surface area contributed by atoms with Crippen LogP contribution >= 0.6 is 0 Å². The van der Waals surface area contributed by atoms with Crippen LogP contribution in [0.25, 0.3) is 0 Å². The van der Waals surface area contributed by atoms with Gasteiger partial charge < -0.3 is 14.4 Å². The second kappa shape index (κ2) is 12.1. The third kappa shape index (κ3) is 5.81. The van der Waals surface area contributed by atoms with Gasteiger partial charge in [0.25, 0.3) is 0 Å². The Morgan fingerprint density at radius 2 is 1.33 bits per heavy atom. The van der Waals surface area contributed by atoms with E-state index in [9.17, 15) is 5.11 Å². The quantitative estimate of drug-likeness (QED) is 0.184. The van der Waals surface area contributed by atoms with Gasteiger partial charge in [0.15, 0.2) is 0 Å². The molecule has 0 saturated heterocycles. The number of aromatic nitrogens is 2. The summed E-state index contributed by atoms with van der Waals surface area (Å²) in [6.45, 7) is 4.06. The second-order valence-corrected chi connectivity index (χ2v) is 10.2.